The number of imidazole rings is 1. The minimum Gasteiger partial charge on any atom is -0.339 e. The van der Waals surface area contributed by atoms with E-state index in [2.05, 4.69) is 20.2 Å². The molecular weight excluding hydrogens is 154 g/mol. The fraction of sp³-hybridized carbons (Fsp3) is 0.286. The fourth-order valence-electron chi connectivity index (χ4n) is 1.00. The summed E-state index contributed by atoms with van der Waals surface area (Å²) in [5.74, 6) is 0.741. The van der Waals surface area contributed by atoms with Crippen LogP contribution in [0.5, 0.6) is 0 Å². The predicted molar refractivity (Wildman–Crippen MR) is 44.3 cm³/mol. The highest BCUT2D eigenvalue weighted by molar-refractivity contribution is 5.69. The smallest absolute Gasteiger partial charge is 0.199 e. The molecule has 0 aliphatic carbocycles. The van der Waals surface area contributed by atoms with Gasteiger partial charge in [-0.15, -0.1) is 5.10 Å². The average Bonchev–Trinajstić information content (AvgIpc) is 2.46. The molecule has 0 aromatic carbocycles. The third kappa shape index (κ3) is 1.04. The molecule has 3 N–H and O–H groups in total. The number of H-pyrrole nitrogens is 1. The van der Waals surface area contributed by atoms with Gasteiger partial charge in [0, 0.05) is 0 Å². The van der Waals surface area contributed by atoms with Crippen molar-refractivity contribution in [1.82, 2.24) is 20.2 Å². The van der Waals surface area contributed by atoms with E-state index in [1.54, 1.807) is 6.20 Å². The number of fused-ring (bicyclic) bond motifs is 1. The average molecular weight is 163 g/mol. The molecule has 5 nitrogen and oxygen atoms in total. The van der Waals surface area contributed by atoms with Gasteiger partial charge < -0.3 is 10.7 Å². The van der Waals surface area contributed by atoms with Crippen LogP contribution in [0.15, 0.2) is 12.3 Å². The number of nitrogens with zero attached hydrogens (tertiary/aromatic N) is 3. The quantitative estimate of drug-likeness (QED) is 0.636. The standard InChI is InChI=1S/C7H9N5/c1-4(8)6-10-5-2-3-9-12-7(5)11-6/h2-4H,8H2,1H3,(H,10,11,12)/t4-/m0/s1. The summed E-state index contributed by atoms with van der Waals surface area (Å²) in [6.07, 6.45) is 1.62. The zero-order valence-corrected chi connectivity index (χ0v) is 6.65. The van der Waals surface area contributed by atoms with Crippen molar-refractivity contribution in [3.05, 3.63) is 18.1 Å². The molecule has 5 heteroatoms. The van der Waals surface area contributed by atoms with E-state index >= 15 is 0 Å². The molecule has 2 heterocycles. The number of hydrogen-bond acceptors (Lipinski definition) is 4. The second kappa shape index (κ2) is 2.53. The molecule has 0 amide bonds. The third-order valence-electron chi connectivity index (χ3n) is 1.62. The van der Waals surface area contributed by atoms with Gasteiger partial charge in [0.05, 0.1) is 17.8 Å². The highest BCUT2D eigenvalue weighted by Crippen LogP contribution is 2.10. The van der Waals surface area contributed by atoms with E-state index in [1.807, 2.05) is 13.0 Å². The van der Waals surface area contributed by atoms with Gasteiger partial charge in [-0.2, -0.15) is 5.10 Å². The minimum absolute atomic E-state index is 0.0980. The lowest BCUT2D eigenvalue weighted by Crippen LogP contribution is -2.06. The molecule has 0 spiro atoms. The molecular formula is C7H9N5. The van der Waals surface area contributed by atoms with Crippen molar-refractivity contribution in [2.45, 2.75) is 13.0 Å². The predicted octanol–water partition coefficient (Wildman–Crippen LogP) is 0.373. The van der Waals surface area contributed by atoms with Crippen LogP contribution in [0.1, 0.15) is 18.8 Å². The third-order valence-corrected chi connectivity index (χ3v) is 1.62. The van der Waals surface area contributed by atoms with Gasteiger partial charge in [-0.1, -0.05) is 0 Å². The number of nitrogens with two attached hydrogens (primary N) is 1. The highest BCUT2D eigenvalue weighted by atomic mass is 15.1. The normalized spacial score (nSPS) is 13.5. The van der Waals surface area contributed by atoms with E-state index in [4.69, 9.17) is 5.73 Å². The number of aromatic nitrogens is 4. The Morgan fingerprint density at radius 3 is 3.08 bits per heavy atom. The number of nitrogens with one attached hydrogen (secondary N) is 1. The summed E-state index contributed by atoms with van der Waals surface area (Å²) in [5.41, 5.74) is 7.12. The molecule has 12 heavy (non-hydrogen) atoms. The summed E-state index contributed by atoms with van der Waals surface area (Å²) in [4.78, 5) is 7.21. The molecule has 0 saturated carbocycles. The van der Waals surface area contributed by atoms with Crippen LogP contribution in [0.2, 0.25) is 0 Å². The molecule has 0 bridgehead atoms. The molecule has 0 radical (unpaired) electrons. The first-order chi connectivity index (χ1) is 5.77. The van der Waals surface area contributed by atoms with Crippen molar-refractivity contribution in [3.63, 3.8) is 0 Å². The van der Waals surface area contributed by atoms with Crippen molar-refractivity contribution in [2.75, 3.05) is 0 Å². The Morgan fingerprint density at radius 1 is 1.58 bits per heavy atom. The van der Waals surface area contributed by atoms with E-state index in [0.29, 0.717) is 5.65 Å². The van der Waals surface area contributed by atoms with Crippen molar-refractivity contribution in [1.29, 1.82) is 0 Å². The van der Waals surface area contributed by atoms with Crippen LogP contribution in [-0.4, -0.2) is 20.2 Å². The maximum Gasteiger partial charge on any atom is 0.199 e. The van der Waals surface area contributed by atoms with Crippen LogP contribution in [0, 0.1) is 0 Å². The van der Waals surface area contributed by atoms with E-state index in [1.165, 1.54) is 0 Å². The Morgan fingerprint density at radius 2 is 2.42 bits per heavy atom. The first-order valence-corrected chi connectivity index (χ1v) is 3.70. The molecule has 0 unspecified atom stereocenters. The Balaban J connectivity index is 2.62. The van der Waals surface area contributed by atoms with Crippen molar-refractivity contribution in [2.24, 2.45) is 5.73 Å². The lowest BCUT2D eigenvalue weighted by Gasteiger charge is -1.95. The van der Waals surface area contributed by atoms with Crippen molar-refractivity contribution >= 4 is 11.2 Å². The summed E-state index contributed by atoms with van der Waals surface area (Å²) >= 11 is 0. The van der Waals surface area contributed by atoms with E-state index in [0.717, 1.165) is 11.3 Å². The van der Waals surface area contributed by atoms with Gasteiger partial charge in [-0.25, -0.2) is 4.98 Å². The van der Waals surface area contributed by atoms with E-state index in [9.17, 15) is 0 Å². The maximum atomic E-state index is 5.64. The van der Waals surface area contributed by atoms with Gasteiger partial charge in [0.1, 0.15) is 5.82 Å². The van der Waals surface area contributed by atoms with Crippen LogP contribution >= 0.6 is 0 Å². The summed E-state index contributed by atoms with van der Waals surface area (Å²) < 4.78 is 0. The topological polar surface area (TPSA) is 80.5 Å². The molecule has 2 aromatic rings. The lowest BCUT2D eigenvalue weighted by molar-refractivity contribution is 0.759. The Bertz CT molecular complexity index is 358. The first kappa shape index (κ1) is 7.17. The maximum absolute atomic E-state index is 5.64. The first-order valence-electron chi connectivity index (χ1n) is 3.70. The van der Waals surface area contributed by atoms with Gasteiger partial charge in [0.2, 0.25) is 0 Å². The Hall–Kier alpha value is -1.49. The number of rotatable bonds is 1. The summed E-state index contributed by atoms with van der Waals surface area (Å²) in [6.45, 7) is 1.87. The molecule has 0 fully saturated rings. The Labute approximate surface area is 69.0 Å². The Kier molecular flexibility index (Phi) is 1.51. The summed E-state index contributed by atoms with van der Waals surface area (Å²) in [7, 11) is 0. The van der Waals surface area contributed by atoms with Gasteiger partial charge >= 0.3 is 0 Å². The molecule has 2 aromatic heterocycles. The van der Waals surface area contributed by atoms with Crippen molar-refractivity contribution in [3.8, 4) is 0 Å². The van der Waals surface area contributed by atoms with Crippen LogP contribution in [-0.2, 0) is 0 Å². The van der Waals surface area contributed by atoms with Crippen LogP contribution in [0.25, 0.3) is 11.2 Å². The summed E-state index contributed by atoms with van der Waals surface area (Å²) in [6, 6.07) is 1.72. The van der Waals surface area contributed by atoms with E-state index in [-0.39, 0.29) is 6.04 Å². The van der Waals surface area contributed by atoms with Crippen LogP contribution < -0.4 is 5.73 Å². The van der Waals surface area contributed by atoms with Gasteiger partial charge in [-0.05, 0) is 13.0 Å². The zero-order chi connectivity index (χ0) is 8.55. The van der Waals surface area contributed by atoms with Gasteiger partial charge in [-0.3, -0.25) is 0 Å². The second-order valence-corrected chi connectivity index (χ2v) is 2.68. The summed E-state index contributed by atoms with van der Waals surface area (Å²) in [5, 5.41) is 7.55. The lowest BCUT2D eigenvalue weighted by atomic mass is 10.3. The zero-order valence-electron chi connectivity index (χ0n) is 6.65. The molecule has 0 aliphatic heterocycles. The minimum atomic E-state index is -0.0980. The van der Waals surface area contributed by atoms with Gasteiger partial charge in [0.25, 0.3) is 0 Å². The number of hydrogen-bond donors (Lipinski definition) is 2. The van der Waals surface area contributed by atoms with Gasteiger partial charge in [0.15, 0.2) is 5.65 Å². The molecule has 0 saturated heterocycles. The molecule has 1 atom stereocenters. The SMILES string of the molecule is C[C@H](N)c1nc2nnccc2[nH]1. The number of aromatic amines is 1. The van der Waals surface area contributed by atoms with Crippen molar-refractivity contribution < 1.29 is 0 Å². The largest absolute Gasteiger partial charge is 0.339 e. The fourth-order valence-corrected chi connectivity index (χ4v) is 1.00. The molecule has 2 rings (SSSR count). The molecule has 0 aliphatic rings. The monoisotopic (exact) mass is 163 g/mol. The second-order valence-electron chi connectivity index (χ2n) is 2.68. The van der Waals surface area contributed by atoms with Crippen LogP contribution in [0.3, 0.4) is 0 Å². The molecule has 62 valence electrons. The highest BCUT2D eigenvalue weighted by Gasteiger charge is 2.06. The van der Waals surface area contributed by atoms with Crippen LogP contribution in [0.4, 0.5) is 0 Å². The van der Waals surface area contributed by atoms with E-state index < -0.39 is 0 Å².